The molecule has 0 bridgehead atoms. The van der Waals surface area contributed by atoms with Crippen LogP contribution in [0, 0.1) is 5.82 Å². The molecule has 0 saturated carbocycles. The number of rotatable bonds is 2. The Balaban J connectivity index is 2.44. The van der Waals surface area contributed by atoms with E-state index >= 15 is 0 Å². The minimum atomic E-state index is -0.238. The quantitative estimate of drug-likeness (QED) is 0.823. The Kier molecular flexibility index (Phi) is 2.56. The minimum Gasteiger partial charge on any atom is -0.326 e. The topological polar surface area (TPSA) is 38.9 Å². The van der Waals surface area contributed by atoms with Gasteiger partial charge >= 0.3 is 0 Å². The molecule has 2 N–H and O–H groups in total. The molecule has 0 saturated heterocycles. The standard InChI is InChI=1S/C10H9FN2S/c11-8-3-1-7(2-4-8)10-9(5-12)14-6-13-10/h1-4,6H,5,12H2. The van der Waals surface area contributed by atoms with Crippen LogP contribution in [0.1, 0.15) is 4.88 Å². The van der Waals surface area contributed by atoms with Crippen LogP contribution in [0.25, 0.3) is 11.3 Å². The highest BCUT2D eigenvalue weighted by molar-refractivity contribution is 7.10. The maximum absolute atomic E-state index is 12.7. The Bertz CT molecular complexity index is 422. The second kappa shape index (κ2) is 3.86. The first-order valence-electron chi connectivity index (χ1n) is 4.19. The van der Waals surface area contributed by atoms with E-state index < -0.39 is 0 Å². The first-order chi connectivity index (χ1) is 6.81. The van der Waals surface area contributed by atoms with Crippen molar-refractivity contribution < 1.29 is 4.39 Å². The Labute approximate surface area is 85.2 Å². The summed E-state index contributed by atoms with van der Waals surface area (Å²) in [5.41, 5.74) is 9.08. The SMILES string of the molecule is NCc1scnc1-c1ccc(F)cc1. The van der Waals surface area contributed by atoms with Gasteiger partial charge in [0.25, 0.3) is 0 Å². The molecule has 14 heavy (non-hydrogen) atoms. The number of benzene rings is 1. The Morgan fingerprint density at radius 3 is 2.64 bits per heavy atom. The fourth-order valence-electron chi connectivity index (χ4n) is 1.26. The Hall–Kier alpha value is -1.26. The maximum atomic E-state index is 12.7. The summed E-state index contributed by atoms with van der Waals surface area (Å²) in [5.74, 6) is -0.238. The van der Waals surface area contributed by atoms with E-state index in [2.05, 4.69) is 4.98 Å². The third kappa shape index (κ3) is 1.66. The van der Waals surface area contributed by atoms with Gasteiger partial charge in [-0.15, -0.1) is 11.3 Å². The molecule has 2 nitrogen and oxygen atoms in total. The number of nitrogens with two attached hydrogens (primary N) is 1. The summed E-state index contributed by atoms with van der Waals surface area (Å²) in [6, 6.07) is 6.27. The van der Waals surface area contributed by atoms with Crippen LogP contribution in [-0.2, 0) is 6.54 Å². The molecule has 0 amide bonds. The molecule has 0 aliphatic heterocycles. The van der Waals surface area contributed by atoms with Crippen molar-refractivity contribution in [2.45, 2.75) is 6.54 Å². The van der Waals surface area contributed by atoms with Gasteiger partial charge in [0.1, 0.15) is 5.82 Å². The molecule has 4 heteroatoms. The van der Waals surface area contributed by atoms with Gasteiger partial charge in [-0.2, -0.15) is 0 Å². The molecule has 0 aliphatic rings. The molecule has 0 atom stereocenters. The molecule has 0 fully saturated rings. The van der Waals surface area contributed by atoms with Crippen LogP contribution in [0.15, 0.2) is 29.8 Å². The number of thiazole rings is 1. The molecule has 0 aliphatic carbocycles. The second-order valence-electron chi connectivity index (χ2n) is 2.84. The van der Waals surface area contributed by atoms with Crippen molar-refractivity contribution in [3.8, 4) is 11.3 Å². The highest BCUT2D eigenvalue weighted by atomic mass is 32.1. The lowest BCUT2D eigenvalue weighted by atomic mass is 10.1. The smallest absolute Gasteiger partial charge is 0.123 e. The summed E-state index contributed by atoms with van der Waals surface area (Å²) in [6.45, 7) is 0.470. The van der Waals surface area contributed by atoms with E-state index in [0.29, 0.717) is 6.54 Å². The van der Waals surface area contributed by atoms with Gasteiger partial charge in [-0.25, -0.2) is 9.37 Å². The van der Waals surface area contributed by atoms with E-state index in [0.717, 1.165) is 16.1 Å². The van der Waals surface area contributed by atoms with Crippen LogP contribution in [-0.4, -0.2) is 4.98 Å². The molecule has 1 heterocycles. The van der Waals surface area contributed by atoms with E-state index in [1.807, 2.05) is 0 Å². The molecular formula is C10H9FN2S. The molecule has 1 aromatic carbocycles. The lowest BCUT2D eigenvalue weighted by molar-refractivity contribution is 0.628. The average molecular weight is 208 g/mol. The molecular weight excluding hydrogens is 199 g/mol. The van der Waals surface area contributed by atoms with Crippen LogP contribution >= 0.6 is 11.3 Å². The molecule has 0 spiro atoms. The highest BCUT2D eigenvalue weighted by Crippen LogP contribution is 2.24. The zero-order valence-corrected chi connectivity index (χ0v) is 8.22. The molecule has 1 aromatic heterocycles. The third-order valence-electron chi connectivity index (χ3n) is 1.94. The predicted molar refractivity (Wildman–Crippen MR) is 55.4 cm³/mol. The average Bonchev–Trinajstić information content (AvgIpc) is 2.67. The van der Waals surface area contributed by atoms with Crippen LogP contribution < -0.4 is 5.73 Å². The van der Waals surface area contributed by atoms with Crippen molar-refractivity contribution in [3.05, 3.63) is 40.5 Å². The lowest BCUT2D eigenvalue weighted by Gasteiger charge is -1.99. The van der Waals surface area contributed by atoms with E-state index in [9.17, 15) is 4.39 Å². The van der Waals surface area contributed by atoms with Crippen molar-refractivity contribution in [3.63, 3.8) is 0 Å². The van der Waals surface area contributed by atoms with Gasteiger partial charge in [-0.1, -0.05) is 0 Å². The van der Waals surface area contributed by atoms with Gasteiger partial charge in [0.05, 0.1) is 11.2 Å². The van der Waals surface area contributed by atoms with Gasteiger partial charge in [-0.3, -0.25) is 0 Å². The van der Waals surface area contributed by atoms with Crippen LogP contribution in [0.4, 0.5) is 4.39 Å². The van der Waals surface area contributed by atoms with Gasteiger partial charge in [0.2, 0.25) is 0 Å². The van der Waals surface area contributed by atoms with E-state index in [-0.39, 0.29) is 5.82 Å². The summed E-state index contributed by atoms with van der Waals surface area (Å²) < 4.78 is 12.7. The number of nitrogens with zero attached hydrogens (tertiary/aromatic N) is 1. The summed E-state index contributed by atoms with van der Waals surface area (Å²) in [7, 11) is 0. The summed E-state index contributed by atoms with van der Waals surface area (Å²) in [4.78, 5) is 5.23. The van der Waals surface area contributed by atoms with E-state index in [1.165, 1.54) is 23.5 Å². The van der Waals surface area contributed by atoms with Gasteiger partial charge < -0.3 is 5.73 Å². The molecule has 72 valence electrons. The van der Waals surface area contributed by atoms with Gasteiger partial charge in [0, 0.05) is 17.0 Å². The summed E-state index contributed by atoms with van der Waals surface area (Å²) >= 11 is 1.52. The second-order valence-corrected chi connectivity index (χ2v) is 3.77. The molecule has 2 aromatic rings. The Morgan fingerprint density at radius 1 is 1.29 bits per heavy atom. The lowest BCUT2D eigenvalue weighted by Crippen LogP contribution is -1.95. The predicted octanol–water partition coefficient (Wildman–Crippen LogP) is 2.41. The minimum absolute atomic E-state index is 0.238. The monoisotopic (exact) mass is 208 g/mol. The molecule has 2 rings (SSSR count). The van der Waals surface area contributed by atoms with Crippen LogP contribution in [0.5, 0.6) is 0 Å². The van der Waals surface area contributed by atoms with Crippen molar-refractivity contribution in [2.75, 3.05) is 0 Å². The number of hydrogen-bond donors (Lipinski definition) is 1. The Morgan fingerprint density at radius 2 is 2.00 bits per heavy atom. The van der Waals surface area contributed by atoms with Crippen molar-refractivity contribution in [2.24, 2.45) is 5.73 Å². The van der Waals surface area contributed by atoms with Crippen LogP contribution in [0.2, 0.25) is 0 Å². The summed E-state index contributed by atoms with van der Waals surface area (Å²) in [6.07, 6.45) is 0. The third-order valence-corrected chi connectivity index (χ3v) is 2.80. The largest absolute Gasteiger partial charge is 0.326 e. The van der Waals surface area contributed by atoms with Crippen molar-refractivity contribution in [1.29, 1.82) is 0 Å². The van der Waals surface area contributed by atoms with Crippen LogP contribution in [0.3, 0.4) is 0 Å². The van der Waals surface area contributed by atoms with E-state index in [1.54, 1.807) is 17.6 Å². The zero-order valence-electron chi connectivity index (χ0n) is 7.40. The number of hydrogen-bond acceptors (Lipinski definition) is 3. The molecule has 0 radical (unpaired) electrons. The first kappa shape index (κ1) is 9.30. The highest BCUT2D eigenvalue weighted by Gasteiger charge is 2.06. The van der Waals surface area contributed by atoms with E-state index in [4.69, 9.17) is 5.73 Å². The number of halogens is 1. The van der Waals surface area contributed by atoms with Gasteiger partial charge in [-0.05, 0) is 24.3 Å². The fraction of sp³-hybridized carbons (Fsp3) is 0.100. The first-order valence-corrected chi connectivity index (χ1v) is 5.07. The number of aromatic nitrogens is 1. The normalized spacial score (nSPS) is 10.4. The fourth-order valence-corrected chi connectivity index (χ4v) is 1.92. The maximum Gasteiger partial charge on any atom is 0.123 e. The van der Waals surface area contributed by atoms with Crippen molar-refractivity contribution in [1.82, 2.24) is 4.98 Å². The van der Waals surface area contributed by atoms with Gasteiger partial charge in [0.15, 0.2) is 0 Å². The van der Waals surface area contributed by atoms with Crippen molar-refractivity contribution >= 4 is 11.3 Å². The zero-order chi connectivity index (χ0) is 9.97. The molecule has 0 unspecified atom stereocenters. The summed E-state index contributed by atoms with van der Waals surface area (Å²) in [5, 5.41) is 0.